The van der Waals surface area contributed by atoms with E-state index in [1.54, 1.807) is 18.2 Å². The summed E-state index contributed by atoms with van der Waals surface area (Å²) in [7, 11) is 0. The van der Waals surface area contributed by atoms with Gasteiger partial charge in [-0.2, -0.15) is 0 Å². The number of carbonyl (C=O) groups is 1. The van der Waals surface area contributed by atoms with Crippen molar-refractivity contribution >= 4 is 11.6 Å². The van der Waals surface area contributed by atoms with Crippen molar-refractivity contribution in [2.45, 2.75) is 43.3 Å². The standard InChI is InChI=1S/C27H27N3O2/c31-19-11-12-20-22(14-19)26(30-27(20)32)25-21-7-3-4-8-23(21)29-24(25)15-28-18-10-9-16-5-1-2-6-17(16)13-18/h1-8,11-12,14,18,24-26,28-29,31H,9-10,13,15H2,(H,30,32). The third kappa shape index (κ3) is 3.24. The van der Waals surface area contributed by atoms with Gasteiger partial charge in [-0.25, -0.2) is 0 Å². The van der Waals surface area contributed by atoms with E-state index in [1.165, 1.54) is 16.7 Å². The molecule has 4 unspecified atom stereocenters. The number of phenols is 1. The lowest BCUT2D eigenvalue weighted by molar-refractivity contribution is 0.0951. The largest absolute Gasteiger partial charge is 0.508 e. The van der Waals surface area contributed by atoms with Crippen LogP contribution < -0.4 is 16.0 Å². The van der Waals surface area contributed by atoms with Crippen LogP contribution in [0, 0.1) is 0 Å². The van der Waals surface area contributed by atoms with Crippen LogP contribution in [0.15, 0.2) is 66.7 Å². The summed E-state index contributed by atoms with van der Waals surface area (Å²) in [4.78, 5) is 12.7. The Morgan fingerprint density at radius 2 is 1.75 bits per heavy atom. The molecule has 2 heterocycles. The summed E-state index contributed by atoms with van der Waals surface area (Å²) in [6.45, 7) is 0.812. The lowest BCUT2D eigenvalue weighted by atomic mass is 9.83. The Morgan fingerprint density at radius 1 is 0.938 bits per heavy atom. The maximum Gasteiger partial charge on any atom is 0.252 e. The van der Waals surface area contributed by atoms with Crippen LogP contribution in [0.2, 0.25) is 0 Å². The topological polar surface area (TPSA) is 73.4 Å². The van der Waals surface area contributed by atoms with Gasteiger partial charge in [0.05, 0.1) is 6.04 Å². The van der Waals surface area contributed by atoms with Crippen LogP contribution in [0.3, 0.4) is 0 Å². The third-order valence-electron chi connectivity index (χ3n) is 7.33. The van der Waals surface area contributed by atoms with Crippen LogP contribution in [0.4, 0.5) is 5.69 Å². The summed E-state index contributed by atoms with van der Waals surface area (Å²) in [6.07, 6.45) is 3.30. The van der Waals surface area contributed by atoms with Gasteiger partial charge in [0.25, 0.3) is 5.91 Å². The van der Waals surface area contributed by atoms with Gasteiger partial charge in [-0.05, 0) is 65.8 Å². The molecule has 0 spiro atoms. The van der Waals surface area contributed by atoms with Gasteiger partial charge >= 0.3 is 0 Å². The second-order valence-corrected chi connectivity index (χ2v) is 9.20. The summed E-state index contributed by atoms with van der Waals surface area (Å²) in [5.41, 5.74) is 6.81. The van der Waals surface area contributed by atoms with Crippen LogP contribution in [0.25, 0.3) is 0 Å². The molecule has 0 bridgehead atoms. The molecule has 1 aliphatic carbocycles. The molecule has 6 rings (SSSR count). The van der Waals surface area contributed by atoms with E-state index in [1.807, 2.05) is 6.07 Å². The molecule has 0 saturated heterocycles. The Kier molecular flexibility index (Phi) is 4.65. The van der Waals surface area contributed by atoms with Crippen molar-refractivity contribution in [1.82, 2.24) is 10.6 Å². The Labute approximate surface area is 187 Å². The van der Waals surface area contributed by atoms with E-state index in [9.17, 15) is 9.90 Å². The Morgan fingerprint density at radius 3 is 2.66 bits per heavy atom. The van der Waals surface area contributed by atoms with E-state index in [4.69, 9.17) is 0 Å². The molecule has 2 aliphatic heterocycles. The number of hydrogen-bond donors (Lipinski definition) is 4. The summed E-state index contributed by atoms with van der Waals surface area (Å²) in [5.74, 6) is 0.214. The molecular formula is C27H27N3O2. The number of rotatable bonds is 4. The summed E-state index contributed by atoms with van der Waals surface area (Å²) >= 11 is 0. The van der Waals surface area contributed by atoms with Gasteiger partial charge in [0, 0.05) is 35.8 Å². The monoisotopic (exact) mass is 425 g/mol. The zero-order valence-electron chi connectivity index (χ0n) is 17.8. The molecule has 32 heavy (non-hydrogen) atoms. The second-order valence-electron chi connectivity index (χ2n) is 9.20. The van der Waals surface area contributed by atoms with E-state index in [0.29, 0.717) is 11.6 Å². The SMILES string of the molecule is O=C1NC(C2c3ccccc3NC2CNC2CCc3ccccc3C2)c2cc(O)ccc21. The number of carbonyl (C=O) groups excluding carboxylic acids is 1. The fraction of sp³-hybridized carbons (Fsp3) is 0.296. The van der Waals surface area contributed by atoms with Gasteiger partial charge < -0.3 is 21.1 Å². The second kappa shape index (κ2) is 7.68. The minimum atomic E-state index is -0.167. The molecule has 5 heteroatoms. The molecule has 4 atom stereocenters. The lowest BCUT2D eigenvalue weighted by Crippen LogP contribution is -2.44. The van der Waals surface area contributed by atoms with Crippen LogP contribution in [-0.2, 0) is 12.8 Å². The first-order valence-corrected chi connectivity index (χ1v) is 11.5. The number of nitrogens with one attached hydrogen (secondary N) is 3. The molecule has 3 aliphatic rings. The quantitative estimate of drug-likeness (QED) is 0.512. The van der Waals surface area contributed by atoms with Gasteiger partial charge in [0.15, 0.2) is 0 Å². The first kappa shape index (κ1) is 19.4. The first-order chi connectivity index (χ1) is 15.7. The van der Waals surface area contributed by atoms with Crippen LogP contribution >= 0.6 is 0 Å². The highest BCUT2D eigenvalue weighted by Crippen LogP contribution is 2.46. The summed E-state index contributed by atoms with van der Waals surface area (Å²) in [6, 6.07) is 22.6. The van der Waals surface area contributed by atoms with E-state index in [0.717, 1.165) is 37.1 Å². The number of amides is 1. The average Bonchev–Trinajstić information content (AvgIpc) is 3.34. The smallest absolute Gasteiger partial charge is 0.252 e. The molecule has 162 valence electrons. The summed E-state index contributed by atoms with van der Waals surface area (Å²) < 4.78 is 0. The number of para-hydroxylation sites is 1. The molecular weight excluding hydrogens is 398 g/mol. The van der Waals surface area contributed by atoms with Gasteiger partial charge in [0.1, 0.15) is 5.75 Å². The van der Waals surface area contributed by atoms with E-state index in [-0.39, 0.29) is 29.7 Å². The van der Waals surface area contributed by atoms with Crippen molar-refractivity contribution in [2.24, 2.45) is 0 Å². The van der Waals surface area contributed by atoms with Gasteiger partial charge in [-0.3, -0.25) is 4.79 Å². The molecule has 1 amide bonds. The summed E-state index contributed by atoms with van der Waals surface area (Å²) in [5, 5.41) is 20.8. The minimum Gasteiger partial charge on any atom is -0.508 e. The van der Waals surface area contributed by atoms with Gasteiger partial charge in [-0.1, -0.05) is 42.5 Å². The number of anilines is 1. The maximum atomic E-state index is 12.7. The van der Waals surface area contributed by atoms with Crippen molar-refractivity contribution < 1.29 is 9.90 Å². The normalized spacial score (nSPS) is 25.4. The maximum absolute atomic E-state index is 12.7. The molecule has 0 fully saturated rings. The third-order valence-corrected chi connectivity index (χ3v) is 7.33. The molecule has 3 aromatic carbocycles. The fourth-order valence-electron chi connectivity index (χ4n) is 5.78. The number of fused-ring (bicyclic) bond motifs is 3. The average molecular weight is 426 g/mol. The Hall–Kier alpha value is -3.31. The highest BCUT2D eigenvalue weighted by molar-refractivity contribution is 5.99. The highest BCUT2D eigenvalue weighted by Gasteiger charge is 2.43. The van der Waals surface area contributed by atoms with Crippen molar-refractivity contribution in [3.8, 4) is 5.75 Å². The highest BCUT2D eigenvalue weighted by atomic mass is 16.3. The predicted molar refractivity (Wildman–Crippen MR) is 125 cm³/mol. The Bertz CT molecular complexity index is 1190. The van der Waals surface area contributed by atoms with Crippen molar-refractivity contribution in [3.05, 3.63) is 94.5 Å². The number of aryl methyl sites for hydroxylation is 1. The number of phenolic OH excluding ortho intramolecular Hbond substituents is 1. The van der Waals surface area contributed by atoms with Gasteiger partial charge in [-0.15, -0.1) is 0 Å². The van der Waals surface area contributed by atoms with Crippen LogP contribution in [0.1, 0.15) is 51.0 Å². The lowest BCUT2D eigenvalue weighted by Gasteiger charge is -2.30. The van der Waals surface area contributed by atoms with E-state index in [2.05, 4.69) is 58.4 Å². The molecule has 5 nitrogen and oxygen atoms in total. The van der Waals surface area contributed by atoms with Crippen molar-refractivity contribution in [2.75, 3.05) is 11.9 Å². The van der Waals surface area contributed by atoms with Crippen LogP contribution in [0.5, 0.6) is 5.75 Å². The Balaban J connectivity index is 1.26. The van der Waals surface area contributed by atoms with Gasteiger partial charge in [0.2, 0.25) is 0 Å². The number of benzene rings is 3. The van der Waals surface area contributed by atoms with E-state index >= 15 is 0 Å². The molecule has 0 aromatic heterocycles. The van der Waals surface area contributed by atoms with Crippen molar-refractivity contribution in [1.29, 1.82) is 0 Å². The van der Waals surface area contributed by atoms with Crippen LogP contribution in [-0.4, -0.2) is 29.6 Å². The zero-order valence-corrected chi connectivity index (χ0v) is 17.8. The van der Waals surface area contributed by atoms with E-state index < -0.39 is 0 Å². The zero-order chi connectivity index (χ0) is 21.7. The molecule has 0 saturated carbocycles. The molecule has 0 radical (unpaired) electrons. The number of aromatic hydroxyl groups is 1. The molecule has 3 aromatic rings. The molecule has 4 N–H and O–H groups in total. The first-order valence-electron chi connectivity index (χ1n) is 11.5. The predicted octanol–water partition coefficient (Wildman–Crippen LogP) is 3.90. The fourth-order valence-corrected chi connectivity index (χ4v) is 5.78. The van der Waals surface area contributed by atoms with Crippen molar-refractivity contribution in [3.63, 3.8) is 0 Å². The minimum absolute atomic E-state index is 0.0648. The number of hydrogen-bond acceptors (Lipinski definition) is 4.